The number of benzene rings is 1. The molecule has 4 nitrogen and oxygen atoms in total. The summed E-state index contributed by atoms with van der Waals surface area (Å²) in [5.41, 5.74) is 1.61. The summed E-state index contributed by atoms with van der Waals surface area (Å²) in [6.07, 6.45) is 5.13. The van der Waals surface area contributed by atoms with E-state index in [4.69, 9.17) is 0 Å². The van der Waals surface area contributed by atoms with Gasteiger partial charge in [0, 0.05) is 17.0 Å². The highest BCUT2D eigenvalue weighted by Gasteiger charge is 2.25. The quantitative estimate of drug-likeness (QED) is 0.881. The minimum atomic E-state index is 0.0215. The van der Waals surface area contributed by atoms with E-state index in [-0.39, 0.29) is 5.91 Å². The fraction of sp³-hybridized carbons (Fsp3) is 0.500. The molecule has 106 valence electrons. The van der Waals surface area contributed by atoms with E-state index >= 15 is 0 Å². The molecule has 0 aliphatic heterocycles. The Labute approximate surface area is 119 Å². The molecule has 1 aliphatic carbocycles. The molecule has 0 radical (unpaired) electrons. The van der Waals surface area contributed by atoms with E-state index in [0.717, 1.165) is 29.7 Å². The summed E-state index contributed by atoms with van der Waals surface area (Å²) in [6, 6.07) is 5.97. The zero-order valence-corrected chi connectivity index (χ0v) is 12.0. The summed E-state index contributed by atoms with van der Waals surface area (Å²) >= 11 is 0. The van der Waals surface area contributed by atoms with Gasteiger partial charge in [-0.25, -0.2) is 0 Å². The molecule has 3 atom stereocenters. The van der Waals surface area contributed by atoms with Crippen molar-refractivity contribution in [2.75, 3.05) is 0 Å². The number of rotatable bonds is 2. The van der Waals surface area contributed by atoms with Gasteiger partial charge in [0.2, 0.25) is 0 Å². The molecule has 0 bridgehead atoms. The second-order valence-electron chi connectivity index (χ2n) is 6.11. The number of fused-ring (bicyclic) bond motifs is 1. The summed E-state index contributed by atoms with van der Waals surface area (Å²) in [7, 11) is 0. The Kier molecular flexibility index (Phi) is 3.47. The van der Waals surface area contributed by atoms with E-state index in [1.807, 2.05) is 18.2 Å². The third-order valence-corrected chi connectivity index (χ3v) is 4.64. The highest BCUT2D eigenvalue weighted by Crippen LogP contribution is 2.29. The molecule has 2 aromatic rings. The smallest absolute Gasteiger partial charge is 0.251 e. The molecule has 1 amide bonds. The molecule has 1 heterocycles. The van der Waals surface area contributed by atoms with Crippen LogP contribution in [-0.2, 0) is 0 Å². The molecule has 1 aliphatic rings. The van der Waals surface area contributed by atoms with Crippen molar-refractivity contribution in [3.63, 3.8) is 0 Å². The lowest BCUT2D eigenvalue weighted by molar-refractivity contribution is 0.0910. The lowest BCUT2D eigenvalue weighted by Gasteiger charge is -2.32. The van der Waals surface area contributed by atoms with Gasteiger partial charge in [-0.3, -0.25) is 9.89 Å². The Morgan fingerprint density at radius 2 is 2.15 bits per heavy atom. The fourth-order valence-electron chi connectivity index (χ4n) is 3.03. The first-order valence-electron chi connectivity index (χ1n) is 7.37. The van der Waals surface area contributed by atoms with Crippen molar-refractivity contribution in [3.05, 3.63) is 30.0 Å². The van der Waals surface area contributed by atoms with Crippen molar-refractivity contribution in [1.29, 1.82) is 0 Å². The van der Waals surface area contributed by atoms with Gasteiger partial charge in [-0.2, -0.15) is 5.10 Å². The normalized spacial score (nSPS) is 26.6. The number of H-pyrrole nitrogens is 1. The van der Waals surface area contributed by atoms with E-state index in [0.29, 0.717) is 17.5 Å². The van der Waals surface area contributed by atoms with Gasteiger partial charge in [0.15, 0.2) is 0 Å². The lowest BCUT2D eigenvalue weighted by atomic mass is 9.79. The molecular weight excluding hydrogens is 250 g/mol. The average molecular weight is 271 g/mol. The van der Waals surface area contributed by atoms with Crippen molar-refractivity contribution in [2.45, 2.75) is 39.2 Å². The van der Waals surface area contributed by atoms with E-state index in [9.17, 15) is 4.79 Å². The van der Waals surface area contributed by atoms with Gasteiger partial charge in [-0.15, -0.1) is 0 Å². The van der Waals surface area contributed by atoms with Gasteiger partial charge in [0.05, 0.1) is 11.7 Å². The van der Waals surface area contributed by atoms with Crippen LogP contribution in [-0.4, -0.2) is 22.1 Å². The van der Waals surface area contributed by atoms with Crippen LogP contribution in [0.2, 0.25) is 0 Å². The van der Waals surface area contributed by atoms with Crippen LogP contribution in [0.25, 0.3) is 10.9 Å². The third kappa shape index (κ3) is 2.55. The van der Waals surface area contributed by atoms with Crippen LogP contribution in [0.1, 0.15) is 43.5 Å². The predicted octanol–water partition coefficient (Wildman–Crippen LogP) is 3.12. The van der Waals surface area contributed by atoms with Crippen LogP contribution in [0.4, 0.5) is 0 Å². The van der Waals surface area contributed by atoms with E-state index < -0.39 is 0 Å². The Morgan fingerprint density at radius 3 is 2.95 bits per heavy atom. The molecule has 1 aromatic carbocycles. The van der Waals surface area contributed by atoms with E-state index in [1.54, 1.807) is 6.20 Å². The highest BCUT2D eigenvalue weighted by molar-refractivity contribution is 5.97. The van der Waals surface area contributed by atoms with Crippen LogP contribution >= 0.6 is 0 Å². The molecule has 2 N–H and O–H groups in total. The molecule has 20 heavy (non-hydrogen) atoms. The Hall–Kier alpha value is -1.84. The number of nitrogens with one attached hydrogen (secondary N) is 2. The molecular formula is C16H21N3O. The summed E-state index contributed by atoms with van der Waals surface area (Å²) < 4.78 is 0. The topological polar surface area (TPSA) is 57.8 Å². The molecule has 1 aromatic heterocycles. The number of hydrogen-bond donors (Lipinski definition) is 2. The van der Waals surface area contributed by atoms with E-state index in [1.165, 1.54) is 6.42 Å². The molecule has 1 fully saturated rings. The summed E-state index contributed by atoms with van der Waals surface area (Å²) in [4.78, 5) is 12.3. The second kappa shape index (κ2) is 5.27. The summed E-state index contributed by atoms with van der Waals surface area (Å²) in [5.74, 6) is 1.47. The minimum Gasteiger partial charge on any atom is -0.349 e. The largest absolute Gasteiger partial charge is 0.349 e. The van der Waals surface area contributed by atoms with Crippen LogP contribution in [0.5, 0.6) is 0 Å². The van der Waals surface area contributed by atoms with Crippen LogP contribution < -0.4 is 5.32 Å². The van der Waals surface area contributed by atoms with E-state index in [2.05, 4.69) is 29.4 Å². The Morgan fingerprint density at radius 1 is 1.30 bits per heavy atom. The zero-order chi connectivity index (χ0) is 14.1. The SMILES string of the molecule is CC1CCC(NC(=O)c2ccc3cn[nH]c3c2)CC1C. The standard InChI is InChI=1S/C16H21N3O/c1-10-3-6-14(7-11(10)2)18-16(20)12-4-5-13-9-17-19-15(13)8-12/h4-5,8-11,14H,3,6-7H2,1-2H3,(H,17,19)(H,18,20). The number of amides is 1. The maximum atomic E-state index is 12.3. The van der Waals surface area contributed by atoms with Crippen LogP contribution in [0, 0.1) is 11.8 Å². The summed E-state index contributed by atoms with van der Waals surface area (Å²) in [5, 5.41) is 11.1. The summed E-state index contributed by atoms with van der Waals surface area (Å²) in [6.45, 7) is 4.58. The van der Waals surface area contributed by atoms with Crippen molar-refractivity contribution < 1.29 is 4.79 Å². The van der Waals surface area contributed by atoms with Gasteiger partial charge in [-0.1, -0.05) is 19.9 Å². The fourth-order valence-corrected chi connectivity index (χ4v) is 3.03. The van der Waals surface area contributed by atoms with Crippen molar-refractivity contribution in [2.24, 2.45) is 11.8 Å². The minimum absolute atomic E-state index is 0.0215. The third-order valence-electron chi connectivity index (χ3n) is 4.64. The van der Waals surface area contributed by atoms with Gasteiger partial charge in [-0.05, 0) is 43.2 Å². The number of aromatic amines is 1. The molecule has 3 unspecified atom stereocenters. The monoisotopic (exact) mass is 271 g/mol. The first kappa shape index (κ1) is 13.2. The molecule has 1 saturated carbocycles. The molecule has 0 saturated heterocycles. The zero-order valence-electron chi connectivity index (χ0n) is 12.0. The van der Waals surface area contributed by atoms with Crippen molar-refractivity contribution >= 4 is 16.8 Å². The Bertz CT molecular complexity index is 619. The number of carbonyl (C=O) groups excluding carboxylic acids is 1. The van der Waals surface area contributed by atoms with Gasteiger partial charge >= 0.3 is 0 Å². The van der Waals surface area contributed by atoms with Gasteiger partial charge < -0.3 is 5.32 Å². The van der Waals surface area contributed by atoms with Crippen LogP contribution in [0.15, 0.2) is 24.4 Å². The molecule has 3 rings (SSSR count). The maximum Gasteiger partial charge on any atom is 0.251 e. The second-order valence-corrected chi connectivity index (χ2v) is 6.11. The van der Waals surface area contributed by atoms with Gasteiger partial charge in [0.25, 0.3) is 5.91 Å². The van der Waals surface area contributed by atoms with Gasteiger partial charge in [0.1, 0.15) is 0 Å². The first-order chi connectivity index (χ1) is 9.63. The van der Waals surface area contributed by atoms with Crippen LogP contribution in [0.3, 0.4) is 0 Å². The lowest BCUT2D eigenvalue weighted by Crippen LogP contribution is -2.39. The first-order valence-corrected chi connectivity index (χ1v) is 7.37. The highest BCUT2D eigenvalue weighted by atomic mass is 16.1. The van der Waals surface area contributed by atoms with Crippen molar-refractivity contribution in [1.82, 2.24) is 15.5 Å². The Balaban J connectivity index is 1.69. The van der Waals surface area contributed by atoms with Crippen molar-refractivity contribution in [3.8, 4) is 0 Å². The number of carbonyl (C=O) groups is 1. The number of nitrogens with zero attached hydrogens (tertiary/aromatic N) is 1. The number of aromatic nitrogens is 2. The molecule has 0 spiro atoms. The predicted molar refractivity (Wildman–Crippen MR) is 79.5 cm³/mol. The average Bonchev–Trinajstić information content (AvgIpc) is 2.90. The maximum absolute atomic E-state index is 12.3. The molecule has 4 heteroatoms. The number of hydrogen-bond acceptors (Lipinski definition) is 2.